The molecule has 1 heterocycles. The molecular weight excluding hydrogens is 326 g/mol. The molecule has 8 nitrogen and oxygen atoms in total. The maximum atomic E-state index is 12.7. The van der Waals surface area contributed by atoms with Gasteiger partial charge >= 0.3 is 0 Å². The van der Waals surface area contributed by atoms with E-state index in [1.54, 1.807) is 32.3 Å². The highest BCUT2D eigenvalue weighted by Crippen LogP contribution is 2.35. The topological polar surface area (TPSA) is 94.8 Å². The fourth-order valence-electron chi connectivity index (χ4n) is 2.31. The summed E-state index contributed by atoms with van der Waals surface area (Å²) in [7, 11) is 2.95. The minimum Gasteiger partial charge on any atom is -0.493 e. The number of ether oxygens (including phenoxy) is 2. The number of amides is 1. The Bertz CT molecular complexity index is 764. The molecule has 0 bridgehead atoms. The molecule has 0 spiro atoms. The zero-order valence-corrected chi connectivity index (χ0v) is 14.3. The van der Waals surface area contributed by atoms with Crippen molar-refractivity contribution in [1.29, 1.82) is 0 Å². The van der Waals surface area contributed by atoms with Gasteiger partial charge in [-0.1, -0.05) is 6.07 Å². The van der Waals surface area contributed by atoms with E-state index in [-0.39, 0.29) is 29.3 Å². The number of methoxy groups -OCH3 is 1. The maximum Gasteiger partial charge on any atom is 0.286 e. The van der Waals surface area contributed by atoms with Crippen LogP contribution in [0.4, 0.5) is 5.69 Å². The minimum absolute atomic E-state index is 0.0623. The van der Waals surface area contributed by atoms with Gasteiger partial charge in [0.1, 0.15) is 5.56 Å². The molecule has 0 saturated heterocycles. The lowest BCUT2D eigenvalue weighted by atomic mass is 10.1. The van der Waals surface area contributed by atoms with Gasteiger partial charge in [0.15, 0.2) is 11.5 Å². The predicted octanol–water partition coefficient (Wildman–Crippen LogP) is 2.67. The number of nitro benzene ring substituents is 1. The van der Waals surface area contributed by atoms with Gasteiger partial charge in [-0.15, -0.1) is 0 Å². The summed E-state index contributed by atoms with van der Waals surface area (Å²) in [6, 6.07) is 7.90. The molecule has 0 unspecified atom stereocenters. The molecule has 0 saturated carbocycles. The molecule has 1 amide bonds. The third kappa shape index (κ3) is 4.23. The second kappa shape index (κ2) is 8.09. The molecule has 0 fully saturated rings. The smallest absolute Gasteiger partial charge is 0.286 e. The van der Waals surface area contributed by atoms with Crippen LogP contribution in [0, 0.1) is 10.1 Å². The molecule has 2 aromatic rings. The summed E-state index contributed by atoms with van der Waals surface area (Å²) < 4.78 is 10.5. The Balaban J connectivity index is 2.39. The number of benzene rings is 1. The summed E-state index contributed by atoms with van der Waals surface area (Å²) in [5, 5.41) is 11.4. The van der Waals surface area contributed by atoms with Crippen LogP contribution < -0.4 is 9.47 Å². The molecule has 0 radical (unpaired) electrons. The van der Waals surface area contributed by atoms with E-state index < -0.39 is 10.8 Å². The lowest BCUT2D eigenvalue weighted by molar-refractivity contribution is -0.385. The first-order valence-corrected chi connectivity index (χ1v) is 7.62. The van der Waals surface area contributed by atoms with Gasteiger partial charge in [0.2, 0.25) is 0 Å². The van der Waals surface area contributed by atoms with Crippen LogP contribution >= 0.6 is 0 Å². The number of nitro groups is 1. The average molecular weight is 345 g/mol. The Morgan fingerprint density at radius 2 is 2.08 bits per heavy atom. The highest BCUT2D eigenvalue weighted by atomic mass is 16.6. The Hall–Kier alpha value is -3.16. The van der Waals surface area contributed by atoms with Gasteiger partial charge in [0.05, 0.1) is 36.9 Å². The summed E-state index contributed by atoms with van der Waals surface area (Å²) in [5.74, 6) is -0.0105. The summed E-state index contributed by atoms with van der Waals surface area (Å²) >= 11 is 0. The molecule has 1 aromatic carbocycles. The van der Waals surface area contributed by atoms with E-state index in [9.17, 15) is 14.9 Å². The van der Waals surface area contributed by atoms with Crippen LogP contribution in [0.5, 0.6) is 11.5 Å². The van der Waals surface area contributed by atoms with Crippen molar-refractivity contribution in [3.63, 3.8) is 0 Å². The number of rotatable bonds is 7. The van der Waals surface area contributed by atoms with Crippen LogP contribution in [-0.2, 0) is 6.54 Å². The van der Waals surface area contributed by atoms with Crippen molar-refractivity contribution in [2.75, 3.05) is 20.8 Å². The SMILES string of the molecule is CCOc1cc(C(=O)N(C)Cc2ccccn2)c([N+](=O)[O-])cc1OC. The van der Waals surface area contributed by atoms with Gasteiger partial charge in [0.25, 0.3) is 11.6 Å². The number of carbonyl (C=O) groups excluding carboxylic acids is 1. The van der Waals surface area contributed by atoms with Crippen molar-refractivity contribution in [3.8, 4) is 11.5 Å². The van der Waals surface area contributed by atoms with E-state index in [1.165, 1.54) is 24.1 Å². The first-order valence-electron chi connectivity index (χ1n) is 7.62. The first kappa shape index (κ1) is 18.2. The summed E-state index contributed by atoms with van der Waals surface area (Å²) in [4.78, 5) is 29.0. The highest BCUT2D eigenvalue weighted by Gasteiger charge is 2.27. The predicted molar refractivity (Wildman–Crippen MR) is 90.9 cm³/mol. The largest absolute Gasteiger partial charge is 0.493 e. The molecule has 0 aliphatic heterocycles. The second-order valence-electron chi connectivity index (χ2n) is 5.19. The zero-order chi connectivity index (χ0) is 18.4. The zero-order valence-electron chi connectivity index (χ0n) is 14.3. The number of nitrogens with zero attached hydrogens (tertiary/aromatic N) is 3. The van der Waals surface area contributed by atoms with Crippen LogP contribution in [-0.4, -0.2) is 41.5 Å². The van der Waals surface area contributed by atoms with E-state index in [2.05, 4.69) is 4.98 Å². The molecule has 2 rings (SSSR count). The fourth-order valence-corrected chi connectivity index (χ4v) is 2.31. The summed E-state index contributed by atoms with van der Waals surface area (Å²) in [6.07, 6.45) is 1.62. The molecule has 1 aromatic heterocycles. The van der Waals surface area contributed by atoms with Gasteiger partial charge in [0, 0.05) is 19.3 Å². The van der Waals surface area contributed by atoms with Gasteiger partial charge in [-0.05, 0) is 19.1 Å². The van der Waals surface area contributed by atoms with Gasteiger partial charge in [-0.25, -0.2) is 0 Å². The summed E-state index contributed by atoms with van der Waals surface area (Å²) in [6.45, 7) is 2.34. The monoisotopic (exact) mass is 345 g/mol. The van der Waals surface area contributed by atoms with E-state index >= 15 is 0 Å². The van der Waals surface area contributed by atoms with Crippen LogP contribution in [0.1, 0.15) is 23.0 Å². The Labute approximate surface area is 145 Å². The Kier molecular flexibility index (Phi) is 5.89. The number of hydrogen-bond acceptors (Lipinski definition) is 6. The third-order valence-electron chi connectivity index (χ3n) is 3.48. The Morgan fingerprint density at radius 1 is 1.32 bits per heavy atom. The van der Waals surface area contributed by atoms with Crippen LogP contribution in [0.3, 0.4) is 0 Å². The lowest BCUT2D eigenvalue weighted by Crippen LogP contribution is -2.27. The van der Waals surface area contributed by atoms with Crippen molar-refractivity contribution in [2.45, 2.75) is 13.5 Å². The van der Waals surface area contributed by atoms with Crippen molar-refractivity contribution in [1.82, 2.24) is 9.88 Å². The average Bonchev–Trinajstić information content (AvgIpc) is 2.61. The molecule has 8 heteroatoms. The minimum atomic E-state index is -0.611. The molecule has 0 N–H and O–H groups in total. The standard InChI is InChI=1S/C17H19N3O5/c1-4-25-16-9-13(14(20(22)23)10-15(16)24-3)17(21)19(2)11-12-7-5-6-8-18-12/h5-10H,4,11H2,1-3H3. The van der Waals surface area contributed by atoms with Crippen LogP contribution in [0.2, 0.25) is 0 Å². The molecule has 25 heavy (non-hydrogen) atoms. The van der Waals surface area contributed by atoms with E-state index in [4.69, 9.17) is 9.47 Å². The van der Waals surface area contributed by atoms with Crippen molar-refractivity contribution in [2.24, 2.45) is 0 Å². The highest BCUT2D eigenvalue weighted by molar-refractivity contribution is 5.98. The second-order valence-corrected chi connectivity index (χ2v) is 5.19. The number of pyridine rings is 1. The summed E-state index contributed by atoms with van der Waals surface area (Å²) in [5.41, 5.74) is 0.283. The quantitative estimate of drug-likeness (QED) is 0.565. The van der Waals surface area contributed by atoms with Gasteiger partial charge < -0.3 is 14.4 Å². The molecule has 0 aliphatic rings. The number of carbonyl (C=O) groups is 1. The Morgan fingerprint density at radius 3 is 2.64 bits per heavy atom. The van der Waals surface area contributed by atoms with Crippen LogP contribution in [0.15, 0.2) is 36.5 Å². The third-order valence-corrected chi connectivity index (χ3v) is 3.48. The lowest BCUT2D eigenvalue weighted by Gasteiger charge is -2.18. The first-order chi connectivity index (χ1) is 12.0. The maximum absolute atomic E-state index is 12.7. The normalized spacial score (nSPS) is 10.2. The van der Waals surface area contributed by atoms with Crippen molar-refractivity contribution < 1.29 is 19.2 Å². The fraction of sp³-hybridized carbons (Fsp3) is 0.294. The van der Waals surface area contributed by atoms with E-state index in [0.29, 0.717) is 12.3 Å². The molecule has 132 valence electrons. The van der Waals surface area contributed by atoms with E-state index in [1.807, 2.05) is 6.07 Å². The van der Waals surface area contributed by atoms with Gasteiger partial charge in [-0.3, -0.25) is 19.9 Å². The van der Waals surface area contributed by atoms with Crippen molar-refractivity contribution in [3.05, 3.63) is 57.9 Å². The van der Waals surface area contributed by atoms with E-state index in [0.717, 1.165) is 0 Å². The molecule has 0 aliphatic carbocycles. The number of hydrogen-bond donors (Lipinski definition) is 0. The molecular formula is C17H19N3O5. The van der Waals surface area contributed by atoms with Crippen LogP contribution in [0.25, 0.3) is 0 Å². The van der Waals surface area contributed by atoms with Crippen molar-refractivity contribution >= 4 is 11.6 Å². The number of aromatic nitrogens is 1. The molecule has 0 atom stereocenters. The van der Waals surface area contributed by atoms with Gasteiger partial charge in [-0.2, -0.15) is 0 Å².